The third-order valence-electron chi connectivity index (χ3n) is 1.76. The zero-order valence-corrected chi connectivity index (χ0v) is 8.06. The lowest BCUT2D eigenvalue weighted by Gasteiger charge is -2.04. The Labute approximate surface area is 91.9 Å². The van der Waals surface area contributed by atoms with Crippen LogP contribution in [-0.2, 0) is 11.2 Å². The highest BCUT2D eigenvalue weighted by Gasteiger charge is 2.26. The zero-order chi connectivity index (χ0) is 13.2. The van der Waals surface area contributed by atoms with Crippen molar-refractivity contribution in [3.63, 3.8) is 0 Å². The number of pyridine rings is 1. The first kappa shape index (κ1) is 12.9. The van der Waals surface area contributed by atoms with E-state index in [0.29, 0.717) is 0 Å². The smallest absolute Gasteiger partial charge is 0.326 e. The van der Waals surface area contributed by atoms with Crippen molar-refractivity contribution in [1.82, 2.24) is 4.98 Å². The van der Waals surface area contributed by atoms with Crippen LogP contribution in [0.3, 0.4) is 0 Å². The second-order valence-corrected chi connectivity index (χ2v) is 2.95. The fourth-order valence-electron chi connectivity index (χ4n) is 1.15. The number of hydrogen-bond acceptors (Lipinski definition) is 4. The van der Waals surface area contributed by atoms with Crippen molar-refractivity contribution in [1.29, 1.82) is 0 Å². The monoisotopic (exact) mass is 250 g/mol. The van der Waals surface area contributed by atoms with E-state index in [-0.39, 0.29) is 6.07 Å². The SMILES string of the molecule is O=C(O)Cc1nc(C(F)F)cc(F)c1[N+](=O)[O-]. The second-order valence-electron chi connectivity index (χ2n) is 2.95. The number of halogens is 3. The van der Waals surface area contributed by atoms with Crippen LogP contribution >= 0.6 is 0 Å². The van der Waals surface area contributed by atoms with Crippen molar-refractivity contribution in [2.45, 2.75) is 12.8 Å². The lowest BCUT2D eigenvalue weighted by atomic mass is 10.2. The maximum absolute atomic E-state index is 13.2. The Morgan fingerprint density at radius 2 is 2.18 bits per heavy atom. The van der Waals surface area contributed by atoms with E-state index < -0.39 is 46.6 Å². The molecule has 92 valence electrons. The number of carbonyl (C=O) groups is 1. The largest absolute Gasteiger partial charge is 0.481 e. The third-order valence-corrected chi connectivity index (χ3v) is 1.76. The first-order valence-electron chi connectivity index (χ1n) is 4.16. The first-order valence-corrected chi connectivity index (χ1v) is 4.16. The molecule has 1 aromatic heterocycles. The van der Waals surface area contributed by atoms with E-state index in [0.717, 1.165) is 0 Å². The van der Waals surface area contributed by atoms with E-state index in [9.17, 15) is 28.1 Å². The molecule has 0 amide bonds. The summed E-state index contributed by atoms with van der Waals surface area (Å²) in [7, 11) is 0. The highest BCUT2D eigenvalue weighted by molar-refractivity contribution is 5.71. The van der Waals surface area contributed by atoms with Crippen LogP contribution in [0.1, 0.15) is 17.8 Å². The Morgan fingerprint density at radius 1 is 1.59 bits per heavy atom. The van der Waals surface area contributed by atoms with E-state index >= 15 is 0 Å². The molecule has 0 saturated carbocycles. The Balaban J connectivity index is 3.38. The van der Waals surface area contributed by atoms with Crippen LogP contribution in [0.2, 0.25) is 0 Å². The number of nitro groups is 1. The number of nitrogens with zero attached hydrogens (tertiary/aromatic N) is 2. The molecule has 0 saturated heterocycles. The number of carboxylic acid groups (broad SMARTS) is 1. The van der Waals surface area contributed by atoms with Gasteiger partial charge in [0.2, 0.25) is 5.82 Å². The number of alkyl halides is 2. The van der Waals surface area contributed by atoms with Gasteiger partial charge in [-0.05, 0) is 0 Å². The number of aliphatic carboxylic acids is 1. The minimum absolute atomic E-state index is 0.216. The molecule has 0 aliphatic carbocycles. The van der Waals surface area contributed by atoms with E-state index in [1.807, 2.05) is 0 Å². The van der Waals surface area contributed by atoms with Gasteiger partial charge < -0.3 is 5.11 Å². The van der Waals surface area contributed by atoms with Gasteiger partial charge in [0, 0.05) is 6.07 Å². The van der Waals surface area contributed by atoms with Crippen LogP contribution in [0.4, 0.5) is 18.9 Å². The molecule has 1 heterocycles. The van der Waals surface area contributed by atoms with Gasteiger partial charge in [-0.25, -0.2) is 13.8 Å². The summed E-state index contributed by atoms with van der Waals surface area (Å²) in [5.41, 5.74) is -3.07. The van der Waals surface area contributed by atoms with Crippen LogP contribution < -0.4 is 0 Å². The van der Waals surface area contributed by atoms with E-state index in [4.69, 9.17) is 5.11 Å². The Kier molecular flexibility index (Phi) is 3.61. The summed E-state index contributed by atoms with van der Waals surface area (Å²) in [6.45, 7) is 0. The topological polar surface area (TPSA) is 93.3 Å². The molecule has 6 nitrogen and oxygen atoms in total. The third kappa shape index (κ3) is 2.89. The molecule has 1 rings (SSSR count). The molecular weight excluding hydrogens is 245 g/mol. The lowest BCUT2D eigenvalue weighted by molar-refractivity contribution is -0.388. The van der Waals surface area contributed by atoms with Crippen molar-refractivity contribution in [3.05, 3.63) is 33.4 Å². The highest BCUT2D eigenvalue weighted by atomic mass is 19.3. The van der Waals surface area contributed by atoms with Crippen LogP contribution in [0.25, 0.3) is 0 Å². The minimum Gasteiger partial charge on any atom is -0.481 e. The predicted octanol–water partition coefficient (Wildman–Crippen LogP) is 1.69. The molecule has 9 heteroatoms. The molecule has 0 bridgehead atoms. The molecule has 0 radical (unpaired) electrons. The Bertz CT molecular complexity index is 478. The van der Waals surface area contributed by atoms with Gasteiger partial charge in [-0.1, -0.05) is 0 Å². The van der Waals surface area contributed by atoms with Crippen LogP contribution in [-0.4, -0.2) is 21.0 Å². The average molecular weight is 250 g/mol. The minimum atomic E-state index is -3.14. The standard InChI is InChI=1S/C8H5F3N2O4/c9-3-1-5(8(10)11)12-4(2-6(14)15)7(3)13(16)17/h1,8H,2H2,(H,14,15). The maximum atomic E-state index is 13.2. The Morgan fingerprint density at radius 3 is 2.59 bits per heavy atom. The van der Waals surface area contributed by atoms with Gasteiger partial charge in [-0.15, -0.1) is 0 Å². The van der Waals surface area contributed by atoms with E-state index in [2.05, 4.69) is 4.98 Å². The maximum Gasteiger partial charge on any atom is 0.326 e. The molecule has 0 unspecified atom stereocenters. The van der Waals surface area contributed by atoms with Crippen LogP contribution in [0.15, 0.2) is 6.07 Å². The second kappa shape index (κ2) is 4.76. The normalized spacial score (nSPS) is 10.6. The van der Waals surface area contributed by atoms with Crippen molar-refractivity contribution < 1.29 is 28.0 Å². The molecule has 0 aliphatic rings. The summed E-state index contributed by atoms with van der Waals surface area (Å²) >= 11 is 0. The summed E-state index contributed by atoms with van der Waals surface area (Å²) < 4.78 is 37.7. The predicted molar refractivity (Wildman–Crippen MR) is 47.1 cm³/mol. The van der Waals surface area contributed by atoms with Crippen LogP contribution in [0.5, 0.6) is 0 Å². The van der Waals surface area contributed by atoms with Gasteiger partial charge in [-0.2, -0.15) is 4.39 Å². The van der Waals surface area contributed by atoms with Gasteiger partial charge in [-0.3, -0.25) is 14.9 Å². The lowest BCUT2D eigenvalue weighted by Crippen LogP contribution is -2.10. The average Bonchev–Trinajstić information content (AvgIpc) is 2.14. The summed E-state index contributed by atoms with van der Waals surface area (Å²) in [6.07, 6.45) is -4.15. The molecule has 17 heavy (non-hydrogen) atoms. The van der Waals surface area contributed by atoms with Crippen molar-refractivity contribution in [2.75, 3.05) is 0 Å². The van der Waals surface area contributed by atoms with Crippen LogP contribution in [0, 0.1) is 15.9 Å². The van der Waals surface area contributed by atoms with Crippen molar-refractivity contribution >= 4 is 11.7 Å². The summed E-state index contributed by atoms with van der Waals surface area (Å²) in [5, 5.41) is 18.9. The molecule has 1 N–H and O–H groups in total. The van der Waals surface area contributed by atoms with Gasteiger partial charge >= 0.3 is 11.7 Å². The fraction of sp³-hybridized carbons (Fsp3) is 0.250. The molecule has 0 aromatic carbocycles. The highest BCUT2D eigenvalue weighted by Crippen LogP contribution is 2.26. The van der Waals surface area contributed by atoms with E-state index in [1.165, 1.54) is 0 Å². The van der Waals surface area contributed by atoms with Gasteiger partial charge in [0.05, 0.1) is 11.3 Å². The zero-order valence-electron chi connectivity index (χ0n) is 8.06. The quantitative estimate of drug-likeness (QED) is 0.648. The summed E-state index contributed by atoms with van der Waals surface area (Å²) in [5.74, 6) is -3.07. The molecule has 0 fully saturated rings. The van der Waals surface area contributed by atoms with Crippen molar-refractivity contribution in [3.8, 4) is 0 Å². The first-order chi connectivity index (χ1) is 7.82. The number of aromatic nitrogens is 1. The fourth-order valence-corrected chi connectivity index (χ4v) is 1.15. The molecule has 0 atom stereocenters. The number of hydrogen-bond donors (Lipinski definition) is 1. The van der Waals surface area contributed by atoms with Gasteiger partial charge in [0.15, 0.2) is 0 Å². The summed E-state index contributed by atoms with van der Waals surface area (Å²) in [6, 6.07) is 0.216. The van der Waals surface area contributed by atoms with Gasteiger partial charge in [0.1, 0.15) is 11.4 Å². The number of rotatable bonds is 4. The molecule has 0 aliphatic heterocycles. The molecular formula is C8H5F3N2O4. The van der Waals surface area contributed by atoms with Crippen molar-refractivity contribution in [2.24, 2.45) is 0 Å². The Hall–Kier alpha value is -2.19. The van der Waals surface area contributed by atoms with Gasteiger partial charge in [0.25, 0.3) is 6.43 Å². The van der Waals surface area contributed by atoms with E-state index in [1.54, 1.807) is 0 Å². The molecule has 0 spiro atoms. The summed E-state index contributed by atoms with van der Waals surface area (Å²) in [4.78, 5) is 22.7. The number of carboxylic acids is 1. The molecule has 1 aromatic rings.